The first-order valence-corrected chi connectivity index (χ1v) is 6.93. The van der Waals surface area contributed by atoms with Crippen LogP contribution in [0, 0.1) is 6.92 Å². The summed E-state index contributed by atoms with van der Waals surface area (Å²) < 4.78 is 52.0. The number of carbonyl (C=O) groups is 2. The van der Waals surface area contributed by atoms with Crippen molar-refractivity contribution in [1.82, 2.24) is 5.16 Å². The summed E-state index contributed by atoms with van der Waals surface area (Å²) in [5.41, 5.74) is -0.902. The molecule has 0 spiro atoms. The van der Waals surface area contributed by atoms with Crippen molar-refractivity contribution in [1.29, 1.82) is 0 Å². The van der Waals surface area contributed by atoms with Crippen molar-refractivity contribution in [2.24, 2.45) is 0 Å². The molecule has 1 amide bonds. The van der Waals surface area contributed by atoms with E-state index in [1.54, 1.807) is 6.92 Å². The number of hydrogen-bond acceptors (Lipinski definition) is 6. The summed E-state index contributed by atoms with van der Waals surface area (Å²) in [5.74, 6) is -1.06. The highest BCUT2D eigenvalue weighted by atomic mass is 19.4. The molecule has 10 heteroatoms. The van der Waals surface area contributed by atoms with Gasteiger partial charge in [0.05, 0.1) is 5.56 Å². The normalized spacial score (nSPS) is 11.0. The summed E-state index contributed by atoms with van der Waals surface area (Å²) in [6.07, 6.45) is -4.52. The van der Waals surface area contributed by atoms with Crippen molar-refractivity contribution >= 4 is 17.7 Å². The van der Waals surface area contributed by atoms with Crippen molar-refractivity contribution in [2.75, 3.05) is 18.5 Å². The summed E-state index contributed by atoms with van der Waals surface area (Å²) in [6.45, 7) is 0.391. The number of ether oxygens (including phenoxy) is 2. The second-order valence-electron chi connectivity index (χ2n) is 4.85. The van der Waals surface area contributed by atoms with Crippen LogP contribution in [0.15, 0.2) is 34.9 Å². The lowest BCUT2D eigenvalue weighted by molar-refractivity contribution is -0.149. The number of esters is 1. The highest BCUT2D eigenvalue weighted by Crippen LogP contribution is 2.31. The van der Waals surface area contributed by atoms with E-state index in [9.17, 15) is 22.8 Å². The third-order valence-corrected chi connectivity index (χ3v) is 2.78. The van der Waals surface area contributed by atoms with Crippen LogP contribution in [0.2, 0.25) is 0 Å². The molecule has 1 heterocycles. The predicted octanol–water partition coefficient (Wildman–Crippen LogP) is 2.56. The second kappa shape index (κ2) is 7.69. The molecular formula is C15H13F3N2O5. The Labute approximate surface area is 139 Å². The highest BCUT2D eigenvalue weighted by molar-refractivity contribution is 5.91. The van der Waals surface area contributed by atoms with E-state index < -0.39 is 36.8 Å². The van der Waals surface area contributed by atoms with Gasteiger partial charge in [-0.1, -0.05) is 11.2 Å². The quantitative estimate of drug-likeness (QED) is 0.798. The molecule has 0 radical (unpaired) electrons. The molecule has 0 aliphatic heterocycles. The molecule has 0 unspecified atom stereocenters. The Hall–Kier alpha value is -3.04. The van der Waals surface area contributed by atoms with Crippen molar-refractivity contribution in [2.45, 2.75) is 13.1 Å². The van der Waals surface area contributed by atoms with Crippen LogP contribution in [0.4, 0.5) is 19.0 Å². The third kappa shape index (κ3) is 5.83. The Kier molecular flexibility index (Phi) is 5.63. The molecule has 1 aromatic carbocycles. The number of anilines is 1. The zero-order valence-corrected chi connectivity index (χ0v) is 12.9. The molecule has 0 aliphatic rings. The number of halogens is 3. The average Bonchev–Trinajstić information content (AvgIpc) is 2.95. The van der Waals surface area contributed by atoms with Gasteiger partial charge in [0.1, 0.15) is 11.5 Å². The molecular weight excluding hydrogens is 345 g/mol. The largest absolute Gasteiger partial charge is 0.482 e. The van der Waals surface area contributed by atoms with Crippen molar-refractivity contribution in [3.05, 3.63) is 41.7 Å². The van der Waals surface area contributed by atoms with Gasteiger partial charge in [0.2, 0.25) is 0 Å². The van der Waals surface area contributed by atoms with E-state index in [0.717, 1.165) is 18.2 Å². The lowest BCUT2D eigenvalue weighted by Gasteiger charge is -2.10. The van der Waals surface area contributed by atoms with Crippen LogP contribution in [0.3, 0.4) is 0 Å². The fourth-order valence-corrected chi connectivity index (χ4v) is 1.70. The number of alkyl halides is 3. The average molecular weight is 358 g/mol. The molecule has 1 N–H and O–H groups in total. The first-order chi connectivity index (χ1) is 11.7. The first kappa shape index (κ1) is 18.3. The van der Waals surface area contributed by atoms with E-state index in [2.05, 4.69) is 15.2 Å². The Bertz CT molecular complexity index is 758. The minimum absolute atomic E-state index is 0.144. The summed E-state index contributed by atoms with van der Waals surface area (Å²) in [7, 11) is 0. The highest BCUT2D eigenvalue weighted by Gasteiger charge is 2.30. The van der Waals surface area contributed by atoms with Crippen LogP contribution in [0.5, 0.6) is 5.75 Å². The van der Waals surface area contributed by atoms with Crippen LogP contribution in [0.1, 0.15) is 11.3 Å². The number of aryl methyl sites for hydroxylation is 1. The fraction of sp³-hybridized carbons (Fsp3) is 0.267. The third-order valence-electron chi connectivity index (χ3n) is 2.78. The van der Waals surface area contributed by atoms with Gasteiger partial charge in [0.15, 0.2) is 19.0 Å². The number of amides is 1. The van der Waals surface area contributed by atoms with Crippen molar-refractivity contribution < 1.29 is 36.8 Å². The number of rotatable bonds is 6. The standard InChI is InChI=1S/C15H13F3N2O5/c1-9-5-12(20-25-9)19-13(21)7-24-14(22)8-23-11-4-2-3-10(6-11)15(16,17)18/h2-6H,7-8H2,1H3,(H,19,20,21). The number of hydrogen-bond donors (Lipinski definition) is 1. The van der Waals surface area contributed by atoms with Gasteiger partial charge in [-0.3, -0.25) is 4.79 Å². The summed E-state index contributed by atoms with van der Waals surface area (Å²) in [6, 6.07) is 5.52. The zero-order chi connectivity index (χ0) is 18.4. The Balaban J connectivity index is 1.76. The van der Waals surface area contributed by atoms with Crippen LogP contribution >= 0.6 is 0 Å². The van der Waals surface area contributed by atoms with E-state index in [1.807, 2.05) is 0 Å². The van der Waals surface area contributed by atoms with Gasteiger partial charge >= 0.3 is 12.1 Å². The number of benzene rings is 1. The minimum Gasteiger partial charge on any atom is -0.482 e. The van der Waals surface area contributed by atoms with Crippen LogP contribution < -0.4 is 10.1 Å². The van der Waals surface area contributed by atoms with E-state index in [-0.39, 0.29) is 11.6 Å². The first-order valence-electron chi connectivity index (χ1n) is 6.93. The molecule has 7 nitrogen and oxygen atoms in total. The van der Waals surface area contributed by atoms with Gasteiger partial charge in [-0.2, -0.15) is 13.2 Å². The molecule has 0 bridgehead atoms. The molecule has 0 aliphatic carbocycles. The Morgan fingerprint density at radius 1 is 1.24 bits per heavy atom. The summed E-state index contributed by atoms with van der Waals surface area (Å²) >= 11 is 0. The Morgan fingerprint density at radius 2 is 2.00 bits per heavy atom. The Morgan fingerprint density at radius 3 is 2.64 bits per heavy atom. The van der Waals surface area contributed by atoms with Gasteiger partial charge in [-0.25, -0.2) is 4.79 Å². The monoisotopic (exact) mass is 358 g/mol. The number of aromatic nitrogens is 1. The second-order valence-corrected chi connectivity index (χ2v) is 4.85. The molecule has 0 saturated carbocycles. The van der Waals surface area contributed by atoms with Gasteiger partial charge in [-0.05, 0) is 25.1 Å². The zero-order valence-electron chi connectivity index (χ0n) is 12.9. The van der Waals surface area contributed by atoms with Gasteiger partial charge in [0, 0.05) is 6.07 Å². The SMILES string of the molecule is Cc1cc(NC(=O)COC(=O)COc2cccc(C(F)(F)F)c2)no1. The van der Waals surface area contributed by atoms with Gasteiger partial charge in [-0.15, -0.1) is 0 Å². The lowest BCUT2D eigenvalue weighted by Crippen LogP contribution is -2.23. The smallest absolute Gasteiger partial charge is 0.416 e. The van der Waals surface area contributed by atoms with E-state index in [1.165, 1.54) is 12.1 Å². The maximum Gasteiger partial charge on any atom is 0.416 e. The molecule has 2 aromatic rings. The fourth-order valence-electron chi connectivity index (χ4n) is 1.70. The number of nitrogens with zero attached hydrogens (tertiary/aromatic N) is 1. The summed E-state index contributed by atoms with van der Waals surface area (Å²) in [4.78, 5) is 23.0. The molecule has 134 valence electrons. The topological polar surface area (TPSA) is 90.7 Å². The lowest BCUT2D eigenvalue weighted by atomic mass is 10.2. The molecule has 0 fully saturated rings. The van der Waals surface area contributed by atoms with Crippen molar-refractivity contribution in [3.8, 4) is 5.75 Å². The molecule has 1 aromatic heterocycles. The van der Waals surface area contributed by atoms with Crippen LogP contribution in [-0.4, -0.2) is 30.2 Å². The van der Waals surface area contributed by atoms with E-state index in [4.69, 9.17) is 9.26 Å². The number of carbonyl (C=O) groups excluding carboxylic acids is 2. The van der Waals surface area contributed by atoms with E-state index >= 15 is 0 Å². The number of nitrogens with one attached hydrogen (secondary N) is 1. The summed E-state index contributed by atoms with van der Waals surface area (Å²) in [5, 5.41) is 5.85. The molecule has 0 atom stereocenters. The van der Waals surface area contributed by atoms with Crippen molar-refractivity contribution in [3.63, 3.8) is 0 Å². The molecule has 2 rings (SSSR count). The van der Waals surface area contributed by atoms with Crippen LogP contribution in [0.25, 0.3) is 0 Å². The maximum atomic E-state index is 12.6. The van der Waals surface area contributed by atoms with Crippen LogP contribution in [-0.2, 0) is 20.5 Å². The minimum atomic E-state index is -4.52. The predicted molar refractivity (Wildman–Crippen MR) is 77.8 cm³/mol. The molecule has 25 heavy (non-hydrogen) atoms. The maximum absolute atomic E-state index is 12.6. The van der Waals surface area contributed by atoms with Gasteiger partial charge in [0.25, 0.3) is 5.91 Å². The van der Waals surface area contributed by atoms with E-state index in [0.29, 0.717) is 5.76 Å². The molecule has 0 saturated heterocycles. The van der Waals surface area contributed by atoms with Gasteiger partial charge < -0.3 is 19.3 Å².